The lowest BCUT2D eigenvalue weighted by molar-refractivity contribution is 0.431. The Labute approximate surface area is 138 Å². The van der Waals surface area contributed by atoms with E-state index in [1.165, 1.54) is 24.0 Å². The zero-order valence-electron chi connectivity index (χ0n) is 13.8. The van der Waals surface area contributed by atoms with Crippen molar-refractivity contribution in [1.82, 2.24) is 5.01 Å². The molecule has 0 unspecified atom stereocenters. The summed E-state index contributed by atoms with van der Waals surface area (Å²) in [6, 6.07) is 1.38. The van der Waals surface area contributed by atoms with Crippen LogP contribution < -0.4 is 5.63 Å². The van der Waals surface area contributed by atoms with Crippen molar-refractivity contribution < 1.29 is 9.52 Å². The lowest BCUT2D eigenvalue weighted by atomic mass is 9.90. The van der Waals surface area contributed by atoms with E-state index in [9.17, 15) is 9.90 Å². The van der Waals surface area contributed by atoms with E-state index in [1.807, 2.05) is 27.0 Å². The van der Waals surface area contributed by atoms with Crippen molar-refractivity contribution in [3.05, 3.63) is 27.8 Å². The third-order valence-corrected chi connectivity index (χ3v) is 3.90. The minimum absolute atomic E-state index is 0.0101. The molecule has 0 spiro atoms. The monoisotopic (exact) mass is 336 g/mol. The highest BCUT2D eigenvalue weighted by molar-refractivity contribution is 8.13. The minimum Gasteiger partial charge on any atom is -0.507 e. The lowest BCUT2D eigenvalue weighted by Crippen LogP contribution is -2.38. The lowest BCUT2D eigenvalue weighted by Gasteiger charge is -2.28. The minimum atomic E-state index is -0.629. The van der Waals surface area contributed by atoms with E-state index in [1.54, 1.807) is 11.9 Å². The molecule has 7 nitrogen and oxygen atoms in total. The summed E-state index contributed by atoms with van der Waals surface area (Å²) < 4.78 is 4.97. The highest BCUT2D eigenvalue weighted by Crippen LogP contribution is 2.22. The van der Waals surface area contributed by atoms with Crippen molar-refractivity contribution in [1.29, 1.82) is 0 Å². The standard InChI is InChI=1S/C15H20N4O3S/c1-9-6-11(20)10(13(21)22-9)7-16-19-8-12(15(2,3)4)17-18-14(19)23-5/h6-7,20H,8H2,1-5H3/b16-7+. The third-order valence-electron chi connectivity index (χ3n) is 3.24. The Hall–Kier alpha value is -2.09. The summed E-state index contributed by atoms with van der Waals surface area (Å²) >= 11 is 1.40. The van der Waals surface area contributed by atoms with Gasteiger partial charge in [0.25, 0.3) is 0 Å². The number of hydrogen-bond acceptors (Lipinski definition) is 8. The second-order valence-electron chi connectivity index (χ2n) is 6.13. The maximum atomic E-state index is 11.8. The smallest absolute Gasteiger partial charge is 0.348 e. The number of amidine groups is 1. The van der Waals surface area contributed by atoms with Gasteiger partial charge in [-0.3, -0.25) is 0 Å². The van der Waals surface area contributed by atoms with E-state index >= 15 is 0 Å². The molecule has 23 heavy (non-hydrogen) atoms. The van der Waals surface area contributed by atoms with E-state index in [0.717, 1.165) is 5.71 Å². The van der Waals surface area contributed by atoms with Crippen LogP contribution in [0.1, 0.15) is 32.1 Å². The van der Waals surface area contributed by atoms with Gasteiger partial charge in [-0.05, 0) is 13.2 Å². The molecule has 1 aliphatic heterocycles. The molecule has 0 radical (unpaired) electrons. The molecule has 2 heterocycles. The van der Waals surface area contributed by atoms with Gasteiger partial charge in [-0.1, -0.05) is 32.5 Å². The Morgan fingerprint density at radius 1 is 1.43 bits per heavy atom. The highest BCUT2D eigenvalue weighted by atomic mass is 32.2. The van der Waals surface area contributed by atoms with Crippen LogP contribution in [0.3, 0.4) is 0 Å². The summed E-state index contributed by atoms with van der Waals surface area (Å²) in [5, 5.41) is 24.8. The summed E-state index contributed by atoms with van der Waals surface area (Å²) in [6.07, 6.45) is 3.16. The van der Waals surface area contributed by atoms with Crippen molar-refractivity contribution in [2.45, 2.75) is 27.7 Å². The van der Waals surface area contributed by atoms with E-state index in [-0.39, 0.29) is 16.7 Å². The number of hydrogen-bond donors (Lipinski definition) is 1. The first-order chi connectivity index (χ1) is 10.7. The van der Waals surface area contributed by atoms with Gasteiger partial charge in [0.1, 0.15) is 17.1 Å². The van der Waals surface area contributed by atoms with Gasteiger partial charge in [0.15, 0.2) is 0 Å². The quantitative estimate of drug-likeness (QED) is 0.838. The van der Waals surface area contributed by atoms with Crippen LogP contribution in [0, 0.1) is 12.3 Å². The fourth-order valence-corrected chi connectivity index (χ4v) is 2.32. The van der Waals surface area contributed by atoms with Gasteiger partial charge in [0, 0.05) is 11.5 Å². The largest absolute Gasteiger partial charge is 0.507 e. The number of aryl methyl sites for hydroxylation is 1. The molecule has 0 saturated heterocycles. The summed E-state index contributed by atoms with van der Waals surface area (Å²) in [6.45, 7) is 8.21. The first-order valence-corrected chi connectivity index (χ1v) is 8.29. The molecule has 1 N–H and O–H groups in total. The van der Waals surface area contributed by atoms with Gasteiger partial charge >= 0.3 is 5.63 Å². The Bertz CT molecular complexity index is 744. The summed E-state index contributed by atoms with van der Waals surface area (Å²) in [4.78, 5) is 11.8. The number of rotatable bonds is 2. The summed E-state index contributed by atoms with van der Waals surface area (Å²) in [7, 11) is 0. The maximum absolute atomic E-state index is 11.8. The molecule has 1 aliphatic rings. The van der Waals surface area contributed by atoms with Gasteiger partial charge in [-0.2, -0.15) is 10.2 Å². The molecular weight excluding hydrogens is 316 g/mol. The van der Waals surface area contributed by atoms with Crippen LogP contribution in [0.25, 0.3) is 0 Å². The molecule has 1 aromatic rings. The SMILES string of the molecule is CSC1=NN=C(C(C)(C)C)CN1/N=C/c1c(O)cc(C)oc1=O. The Morgan fingerprint density at radius 2 is 2.13 bits per heavy atom. The van der Waals surface area contributed by atoms with Crippen LogP contribution in [-0.2, 0) is 0 Å². The predicted octanol–water partition coefficient (Wildman–Crippen LogP) is 2.42. The summed E-state index contributed by atoms with van der Waals surface area (Å²) in [5.41, 5.74) is 0.130. The molecule has 0 aromatic carbocycles. The second-order valence-corrected chi connectivity index (χ2v) is 6.90. The maximum Gasteiger partial charge on any atom is 0.348 e. The predicted molar refractivity (Wildman–Crippen MR) is 93.5 cm³/mol. The fraction of sp³-hybridized carbons (Fsp3) is 0.467. The summed E-state index contributed by atoms with van der Waals surface area (Å²) in [5.74, 6) is 0.183. The van der Waals surface area contributed by atoms with Crippen molar-refractivity contribution in [2.75, 3.05) is 12.8 Å². The average Bonchev–Trinajstić information content (AvgIpc) is 2.44. The molecule has 2 rings (SSSR count). The Kier molecular flexibility index (Phi) is 4.93. The molecule has 0 atom stereocenters. The normalized spacial score (nSPS) is 15.8. The first kappa shape index (κ1) is 17.3. The van der Waals surface area contributed by atoms with E-state index in [4.69, 9.17) is 4.42 Å². The topological polar surface area (TPSA) is 90.8 Å². The van der Waals surface area contributed by atoms with Crippen LogP contribution in [0.4, 0.5) is 0 Å². The number of aromatic hydroxyl groups is 1. The van der Waals surface area contributed by atoms with Gasteiger partial charge < -0.3 is 9.52 Å². The zero-order valence-corrected chi connectivity index (χ0v) is 14.6. The van der Waals surface area contributed by atoms with Crippen LogP contribution in [0.2, 0.25) is 0 Å². The molecular formula is C15H20N4O3S. The van der Waals surface area contributed by atoms with E-state index in [0.29, 0.717) is 17.5 Å². The number of nitrogens with zero attached hydrogens (tertiary/aromatic N) is 4. The molecule has 1 aromatic heterocycles. The molecule has 8 heteroatoms. The molecule has 0 bridgehead atoms. The Morgan fingerprint density at radius 3 is 2.70 bits per heavy atom. The van der Waals surface area contributed by atoms with Gasteiger partial charge in [-0.15, -0.1) is 5.10 Å². The van der Waals surface area contributed by atoms with E-state index < -0.39 is 5.63 Å². The number of thioether (sulfide) groups is 1. The van der Waals surface area contributed by atoms with Crippen LogP contribution in [0.5, 0.6) is 5.75 Å². The van der Waals surface area contributed by atoms with Gasteiger partial charge in [0.2, 0.25) is 5.17 Å². The van der Waals surface area contributed by atoms with Crippen molar-refractivity contribution in [3.63, 3.8) is 0 Å². The average molecular weight is 336 g/mol. The van der Waals surface area contributed by atoms with Crippen molar-refractivity contribution in [3.8, 4) is 5.75 Å². The van der Waals surface area contributed by atoms with Crippen LogP contribution in [-0.4, -0.2) is 40.0 Å². The molecule has 124 valence electrons. The number of hydrazone groups is 1. The van der Waals surface area contributed by atoms with Gasteiger partial charge in [-0.25, -0.2) is 9.80 Å². The van der Waals surface area contributed by atoms with Crippen molar-refractivity contribution >= 4 is 28.9 Å². The molecule has 0 saturated carbocycles. The highest BCUT2D eigenvalue weighted by Gasteiger charge is 2.26. The van der Waals surface area contributed by atoms with Crippen LogP contribution >= 0.6 is 11.8 Å². The van der Waals surface area contributed by atoms with Crippen molar-refractivity contribution in [2.24, 2.45) is 20.7 Å². The molecule has 0 amide bonds. The molecule has 0 aliphatic carbocycles. The van der Waals surface area contributed by atoms with Crippen LogP contribution in [0.15, 0.2) is 30.6 Å². The molecule has 0 fully saturated rings. The van der Waals surface area contributed by atoms with Gasteiger partial charge in [0.05, 0.1) is 18.5 Å². The first-order valence-electron chi connectivity index (χ1n) is 7.06. The Balaban J connectivity index is 2.31. The van der Waals surface area contributed by atoms with E-state index in [2.05, 4.69) is 15.3 Å². The second kappa shape index (κ2) is 6.57. The zero-order chi connectivity index (χ0) is 17.2. The third kappa shape index (κ3) is 4.01. The fourth-order valence-electron chi connectivity index (χ4n) is 1.87.